The summed E-state index contributed by atoms with van der Waals surface area (Å²) in [5, 5.41) is 13.1. The van der Waals surface area contributed by atoms with E-state index in [0.717, 1.165) is 18.4 Å². The van der Waals surface area contributed by atoms with Gasteiger partial charge in [0.15, 0.2) is 0 Å². The summed E-state index contributed by atoms with van der Waals surface area (Å²) >= 11 is 0. The zero-order valence-corrected chi connectivity index (χ0v) is 14.2. The number of hydrogen-bond acceptors (Lipinski definition) is 3. The summed E-state index contributed by atoms with van der Waals surface area (Å²) in [4.78, 5) is 12.0. The summed E-state index contributed by atoms with van der Waals surface area (Å²) in [7, 11) is 0. The van der Waals surface area contributed by atoms with Gasteiger partial charge in [0.1, 0.15) is 6.61 Å². The lowest BCUT2D eigenvalue weighted by Gasteiger charge is -2.27. The van der Waals surface area contributed by atoms with Crippen LogP contribution in [0.15, 0.2) is 30.3 Å². The fourth-order valence-corrected chi connectivity index (χ4v) is 3.15. The molecule has 1 saturated carbocycles. The molecule has 0 aromatic heterocycles. The number of carbonyl (C=O) groups excluding carboxylic acids is 1. The Morgan fingerprint density at radius 3 is 2.78 bits per heavy atom. The molecule has 2 N–H and O–H groups in total. The molecule has 0 aliphatic heterocycles. The van der Waals surface area contributed by atoms with Crippen molar-refractivity contribution >= 4 is 5.91 Å². The molecule has 0 heterocycles. The van der Waals surface area contributed by atoms with Crippen molar-refractivity contribution in [1.29, 1.82) is 0 Å². The van der Waals surface area contributed by atoms with Crippen LogP contribution >= 0.6 is 0 Å². The van der Waals surface area contributed by atoms with Crippen LogP contribution < -0.4 is 5.32 Å². The lowest BCUT2D eigenvalue weighted by atomic mass is 9.89. The van der Waals surface area contributed by atoms with E-state index in [1.165, 1.54) is 12.8 Å². The highest BCUT2D eigenvalue weighted by Crippen LogP contribution is 2.25. The Bertz CT molecular complexity index is 477. The summed E-state index contributed by atoms with van der Waals surface area (Å²) < 4.78 is 5.72. The molecule has 1 aromatic rings. The van der Waals surface area contributed by atoms with Crippen LogP contribution in [0.3, 0.4) is 0 Å². The summed E-state index contributed by atoms with van der Waals surface area (Å²) in [5.41, 5.74) is 1.06. The van der Waals surface area contributed by atoms with E-state index in [-0.39, 0.29) is 24.7 Å². The van der Waals surface area contributed by atoms with E-state index >= 15 is 0 Å². The van der Waals surface area contributed by atoms with Gasteiger partial charge in [0.25, 0.3) is 0 Å². The predicted molar refractivity (Wildman–Crippen MR) is 91.1 cm³/mol. The first-order chi connectivity index (χ1) is 11.0. The second-order valence-corrected chi connectivity index (χ2v) is 6.82. The van der Waals surface area contributed by atoms with E-state index in [4.69, 9.17) is 4.74 Å². The van der Waals surface area contributed by atoms with E-state index < -0.39 is 6.10 Å². The Labute approximate surface area is 139 Å². The van der Waals surface area contributed by atoms with Crippen LogP contribution in [0.1, 0.15) is 45.1 Å². The van der Waals surface area contributed by atoms with Crippen LogP contribution in [0.2, 0.25) is 0 Å². The molecular weight excluding hydrogens is 290 g/mol. The molecule has 128 valence electrons. The Balaban J connectivity index is 1.69. The van der Waals surface area contributed by atoms with Crippen molar-refractivity contribution in [3.05, 3.63) is 35.9 Å². The van der Waals surface area contributed by atoms with E-state index in [0.29, 0.717) is 12.3 Å². The van der Waals surface area contributed by atoms with Crippen molar-refractivity contribution in [3.8, 4) is 0 Å². The van der Waals surface area contributed by atoms with Crippen LogP contribution in [0.5, 0.6) is 0 Å². The van der Waals surface area contributed by atoms with Gasteiger partial charge in [0.2, 0.25) is 5.91 Å². The number of aliphatic hydroxyl groups is 1. The molecule has 0 spiro atoms. The van der Waals surface area contributed by atoms with Gasteiger partial charge in [-0.05, 0) is 31.2 Å². The Morgan fingerprint density at radius 1 is 1.35 bits per heavy atom. The highest BCUT2D eigenvalue weighted by molar-refractivity contribution is 5.77. The summed E-state index contributed by atoms with van der Waals surface area (Å²) in [5.74, 6) is 0.534. The Hall–Kier alpha value is -1.39. The van der Waals surface area contributed by atoms with Gasteiger partial charge in [-0.3, -0.25) is 4.79 Å². The highest BCUT2D eigenvalue weighted by atomic mass is 16.5. The van der Waals surface area contributed by atoms with E-state index in [2.05, 4.69) is 12.2 Å². The molecule has 4 nitrogen and oxygen atoms in total. The number of ether oxygens (including phenoxy) is 1. The molecule has 1 fully saturated rings. The second kappa shape index (κ2) is 9.04. The maximum atomic E-state index is 12.0. The van der Waals surface area contributed by atoms with Gasteiger partial charge in [0.05, 0.1) is 18.2 Å². The molecule has 4 unspecified atom stereocenters. The molecule has 23 heavy (non-hydrogen) atoms. The minimum Gasteiger partial charge on any atom is -0.391 e. The van der Waals surface area contributed by atoms with Gasteiger partial charge in [-0.2, -0.15) is 0 Å². The van der Waals surface area contributed by atoms with Crippen LogP contribution in [0.25, 0.3) is 0 Å². The minimum absolute atomic E-state index is 0.0831. The van der Waals surface area contributed by atoms with E-state index in [1.807, 2.05) is 37.3 Å². The van der Waals surface area contributed by atoms with Crippen LogP contribution in [-0.4, -0.2) is 35.9 Å². The monoisotopic (exact) mass is 319 g/mol. The lowest BCUT2D eigenvalue weighted by Crippen LogP contribution is -2.44. The van der Waals surface area contributed by atoms with Gasteiger partial charge in [-0.25, -0.2) is 0 Å². The third-order valence-corrected chi connectivity index (χ3v) is 4.59. The highest BCUT2D eigenvalue weighted by Gasteiger charge is 2.21. The van der Waals surface area contributed by atoms with Crippen molar-refractivity contribution in [2.45, 2.75) is 64.2 Å². The van der Waals surface area contributed by atoms with Crippen molar-refractivity contribution in [2.75, 3.05) is 6.61 Å². The third-order valence-electron chi connectivity index (χ3n) is 4.59. The molecular formula is C19H29NO3. The predicted octanol–water partition coefficient (Wildman–Crippen LogP) is 2.69. The number of hydrogen-bond donors (Lipinski definition) is 2. The molecule has 1 aromatic carbocycles. The maximum absolute atomic E-state index is 12.0. The zero-order chi connectivity index (χ0) is 16.7. The third kappa shape index (κ3) is 6.32. The molecule has 4 atom stereocenters. The fourth-order valence-electron chi connectivity index (χ4n) is 3.15. The van der Waals surface area contributed by atoms with Gasteiger partial charge < -0.3 is 15.2 Å². The average molecular weight is 319 g/mol. The molecule has 1 aliphatic rings. The van der Waals surface area contributed by atoms with Crippen LogP contribution in [0, 0.1) is 5.92 Å². The maximum Gasteiger partial charge on any atom is 0.246 e. The zero-order valence-electron chi connectivity index (χ0n) is 14.2. The molecule has 0 bridgehead atoms. The Kier molecular flexibility index (Phi) is 7.06. The van der Waals surface area contributed by atoms with E-state index in [1.54, 1.807) is 0 Å². The first-order valence-corrected chi connectivity index (χ1v) is 8.67. The van der Waals surface area contributed by atoms with Crippen molar-refractivity contribution in [1.82, 2.24) is 5.32 Å². The lowest BCUT2D eigenvalue weighted by molar-refractivity contribution is -0.130. The normalized spacial score (nSPS) is 24.0. The smallest absolute Gasteiger partial charge is 0.246 e. The molecule has 1 amide bonds. The first-order valence-electron chi connectivity index (χ1n) is 8.67. The molecule has 0 saturated heterocycles. The molecule has 0 radical (unpaired) electrons. The topological polar surface area (TPSA) is 58.6 Å². The van der Waals surface area contributed by atoms with Crippen molar-refractivity contribution in [3.63, 3.8) is 0 Å². The Morgan fingerprint density at radius 2 is 2.09 bits per heavy atom. The van der Waals surface area contributed by atoms with Crippen molar-refractivity contribution < 1.29 is 14.6 Å². The summed E-state index contributed by atoms with van der Waals surface area (Å²) in [6, 6.07) is 9.51. The quantitative estimate of drug-likeness (QED) is 0.812. The SMILES string of the molecule is CC1CCCC(OCC(=O)NC(C)C(O)Cc2ccccc2)C1. The van der Waals surface area contributed by atoms with Gasteiger partial charge >= 0.3 is 0 Å². The molecule has 4 heteroatoms. The van der Waals surface area contributed by atoms with Crippen LogP contribution in [0.4, 0.5) is 0 Å². The fraction of sp³-hybridized carbons (Fsp3) is 0.632. The number of benzene rings is 1. The summed E-state index contributed by atoms with van der Waals surface area (Å²) in [6.07, 6.45) is 4.66. The second-order valence-electron chi connectivity index (χ2n) is 6.82. The van der Waals surface area contributed by atoms with Gasteiger partial charge in [-0.1, -0.05) is 50.1 Å². The number of amides is 1. The minimum atomic E-state index is -0.601. The van der Waals surface area contributed by atoms with E-state index in [9.17, 15) is 9.90 Å². The number of rotatable bonds is 7. The molecule has 2 rings (SSSR count). The average Bonchev–Trinajstić information content (AvgIpc) is 2.54. The van der Waals surface area contributed by atoms with Gasteiger partial charge in [-0.15, -0.1) is 0 Å². The summed E-state index contributed by atoms with van der Waals surface area (Å²) in [6.45, 7) is 4.14. The van der Waals surface area contributed by atoms with Crippen molar-refractivity contribution in [2.24, 2.45) is 5.92 Å². The number of aliphatic hydroxyl groups excluding tert-OH is 1. The molecule has 1 aliphatic carbocycles. The van der Waals surface area contributed by atoms with Crippen LogP contribution in [-0.2, 0) is 16.0 Å². The standard InChI is InChI=1S/C19H29NO3/c1-14-7-6-10-17(11-14)23-13-19(22)20-15(2)18(21)12-16-8-4-3-5-9-16/h3-5,8-9,14-15,17-18,21H,6-7,10-13H2,1-2H3,(H,20,22). The number of nitrogens with one attached hydrogen (secondary N) is 1. The van der Waals surface area contributed by atoms with Gasteiger partial charge in [0, 0.05) is 6.42 Å². The largest absolute Gasteiger partial charge is 0.391 e. The number of carbonyl (C=O) groups is 1. The first kappa shape index (κ1) is 18.0.